The third kappa shape index (κ3) is 4.82. The zero-order valence-electron chi connectivity index (χ0n) is 14.9. The predicted octanol–water partition coefficient (Wildman–Crippen LogP) is 4.22. The number of allylic oxidation sites excluding steroid dienone is 1. The van der Waals surface area contributed by atoms with Gasteiger partial charge in [0.1, 0.15) is 0 Å². The van der Waals surface area contributed by atoms with Crippen LogP contribution in [0.25, 0.3) is 0 Å². The normalized spacial score (nSPS) is 29.4. The number of piperazine rings is 1. The van der Waals surface area contributed by atoms with Gasteiger partial charge in [0.05, 0.1) is 0 Å². The molecule has 2 atom stereocenters. The van der Waals surface area contributed by atoms with Crippen molar-refractivity contribution in [2.45, 2.75) is 78.8 Å². The second-order valence-corrected chi connectivity index (χ2v) is 8.53. The second kappa shape index (κ2) is 7.28. The van der Waals surface area contributed by atoms with Crippen LogP contribution in [0.1, 0.15) is 66.7 Å². The molecule has 122 valence electrons. The SMILES string of the molecule is CC(C)=CCN1CC(C(C)(C)C)NCC1C1CCCCC1. The molecule has 2 aliphatic rings. The van der Waals surface area contributed by atoms with Gasteiger partial charge in [-0.05, 0) is 38.0 Å². The highest BCUT2D eigenvalue weighted by atomic mass is 15.2. The fraction of sp³-hybridized carbons (Fsp3) is 0.895. The molecule has 1 saturated carbocycles. The molecule has 2 rings (SSSR count). The molecule has 2 fully saturated rings. The lowest BCUT2D eigenvalue weighted by Gasteiger charge is -2.48. The van der Waals surface area contributed by atoms with Gasteiger partial charge in [-0.15, -0.1) is 0 Å². The Morgan fingerprint density at radius 1 is 1.14 bits per heavy atom. The molecule has 0 aromatic heterocycles. The molecule has 2 unspecified atom stereocenters. The van der Waals surface area contributed by atoms with Gasteiger partial charge in [0.25, 0.3) is 0 Å². The minimum Gasteiger partial charge on any atom is -0.311 e. The number of nitrogens with zero attached hydrogens (tertiary/aromatic N) is 1. The molecule has 0 radical (unpaired) electrons. The Balaban J connectivity index is 2.05. The molecule has 0 aromatic rings. The zero-order valence-corrected chi connectivity index (χ0v) is 14.9. The van der Waals surface area contributed by atoms with Crippen LogP contribution in [0.3, 0.4) is 0 Å². The van der Waals surface area contributed by atoms with Crippen molar-refractivity contribution < 1.29 is 0 Å². The molecule has 1 N–H and O–H groups in total. The highest BCUT2D eigenvalue weighted by Crippen LogP contribution is 2.32. The average Bonchev–Trinajstić information content (AvgIpc) is 2.44. The first kappa shape index (κ1) is 17.0. The van der Waals surface area contributed by atoms with E-state index in [0.717, 1.165) is 18.5 Å². The van der Waals surface area contributed by atoms with E-state index in [4.69, 9.17) is 0 Å². The molecule has 0 spiro atoms. The summed E-state index contributed by atoms with van der Waals surface area (Å²) in [5.41, 5.74) is 1.80. The molecule has 1 aliphatic carbocycles. The van der Waals surface area contributed by atoms with Crippen LogP contribution in [0.15, 0.2) is 11.6 Å². The minimum absolute atomic E-state index is 0.348. The molecule has 2 nitrogen and oxygen atoms in total. The van der Waals surface area contributed by atoms with E-state index in [-0.39, 0.29) is 0 Å². The number of hydrogen-bond donors (Lipinski definition) is 1. The van der Waals surface area contributed by atoms with Crippen molar-refractivity contribution in [3.63, 3.8) is 0 Å². The van der Waals surface area contributed by atoms with Crippen LogP contribution in [-0.2, 0) is 0 Å². The summed E-state index contributed by atoms with van der Waals surface area (Å²) in [6, 6.07) is 1.36. The second-order valence-electron chi connectivity index (χ2n) is 8.53. The molecule has 0 bridgehead atoms. The third-order valence-corrected chi connectivity index (χ3v) is 5.43. The topological polar surface area (TPSA) is 15.3 Å². The molecular formula is C19H36N2. The summed E-state index contributed by atoms with van der Waals surface area (Å²) in [5.74, 6) is 0.915. The van der Waals surface area contributed by atoms with Crippen LogP contribution < -0.4 is 5.32 Å². The molecule has 1 saturated heterocycles. The lowest BCUT2D eigenvalue weighted by Crippen LogP contribution is -2.62. The van der Waals surface area contributed by atoms with Gasteiger partial charge in [0, 0.05) is 31.7 Å². The number of rotatable bonds is 3. The fourth-order valence-corrected chi connectivity index (χ4v) is 3.90. The van der Waals surface area contributed by atoms with E-state index < -0.39 is 0 Å². The van der Waals surface area contributed by atoms with Crippen molar-refractivity contribution in [2.75, 3.05) is 19.6 Å². The Hall–Kier alpha value is -0.340. The van der Waals surface area contributed by atoms with Crippen molar-refractivity contribution in [2.24, 2.45) is 11.3 Å². The average molecular weight is 293 g/mol. The summed E-state index contributed by atoms with van der Waals surface area (Å²) in [7, 11) is 0. The molecule has 1 aliphatic heterocycles. The Morgan fingerprint density at radius 3 is 2.38 bits per heavy atom. The molecule has 0 aromatic carbocycles. The summed E-state index contributed by atoms with van der Waals surface area (Å²) < 4.78 is 0. The lowest BCUT2D eigenvalue weighted by molar-refractivity contribution is 0.0529. The monoisotopic (exact) mass is 292 g/mol. The maximum absolute atomic E-state index is 3.86. The van der Waals surface area contributed by atoms with Crippen molar-refractivity contribution in [1.29, 1.82) is 0 Å². The summed E-state index contributed by atoms with van der Waals surface area (Å²) in [4.78, 5) is 2.77. The quantitative estimate of drug-likeness (QED) is 0.783. The van der Waals surface area contributed by atoms with E-state index in [1.165, 1.54) is 50.8 Å². The largest absolute Gasteiger partial charge is 0.311 e. The van der Waals surface area contributed by atoms with Crippen LogP contribution in [0.2, 0.25) is 0 Å². The number of nitrogens with one attached hydrogen (secondary N) is 1. The Morgan fingerprint density at radius 2 is 1.81 bits per heavy atom. The third-order valence-electron chi connectivity index (χ3n) is 5.43. The first-order valence-electron chi connectivity index (χ1n) is 8.98. The first-order valence-corrected chi connectivity index (χ1v) is 8.98. The Bertz CT molecular complexity index is 343. The molecule has 0 amide bonds. The van der Waals surface area contributed by atoms with Gasteiger partial charge in [-0.1, -0.05) is 51.7 Å². The molecular weight excluding hydrogens is 256 g/mol. The van der Waals surface area contributed by atoms with Gasteiger partial charge in [-0.3, -0.25) is 4.90 Å². The van der Waals surface area contributed by atoms with Crippen molar-refractivity contribution in [1.82, 2.24) is 10.2 Å². The van der Waals surface area contributed by atoms with E-state index in [9.17, 15) is 0 Å². The van der Waals surface area contributed by atoms with Gasteiger partial charge < -0.3 is 5.32 Å². The minimum atomic E-state index is 0.348. The van der Waals surface area contributed by atoms with Crippen molar-refractivity contribution >= 4 is 0 Å². The fourth-order valence-electron chi connectivity index (χ4n) is 3.90. The maximum Gasteiger partial charge on any atom is 0.0252 e. The smallest absolute Gasteiger partial charge is 0.0252 e. The highest BCUT2D eigenvalue weighted by Gasteiger charge is 2.37. The van der Waals surface area contributed by atoms with Crippen LogP contribution in [0.4, 0.5) is 0 Å². The van der Waals surface area contributed by atoms with Gasteiger partial charge in [0.2, 0.25) is 0 Å². The van der Waals surface area contributed by atoms with Crippen LogP contribution in [0.5, 0.6) is 0 Å². The van der Waals surface area contributed by atoms with Crippen LogP contribution in [0, 0.1) is 11.3 Å². The molecule has 1 heterocycles. The standard InChI is InChI=1S/C19H36N2/c1-15(2)11-12-21-14-18(19(3,4)5)20-13-17(21)16-9-7-6-8-10-16/h11,16-18,20H,6-10,12-14H2,1-5H3. The van der Waals surface area contributed by atoms with Gasteiger partial charge in [0.15, 0.2) is 0 Å². The van der Waals surface area contributed by atoms with E-state index in [2.05, 4.69) is 50.9 Å². The van der Waals surface area contributed by atoms with E-state index in [1.807, 2.05) is 0 Å². The van der Waals surface area contributed by atoms with Crippen LogP contribution >= 0.6 is 0 Å². The van der Waals surface area contributed by atoms with Gasteiger partial charge in [-0.25, -0.2) is 0 Å². The first-order chi connectivity index (χ1) is 9.88. The Kier molecular flexibility index (Phi) is 5.90. The maximum atomic E-state index is 3.86. The highest BCUT2D eigenvalue weighted by molar-refractivity contribution is 5.00. The molecule has 21 heavy (non-hydrogen) atoms. The predicted molar refractivity (Wildman–Crippen MR) is 92.6 cm³/mol. The van der Waals surface area contributed by atoms with E-state index in [1.54, 1.807) is 0 Å². The summed E-state index contributed by atoms with van der Waals surface area (Å²) in [5, 5.41) is 3.86. The summed E-state index contributed by atoms with van der Waals surface area (Å²) in [6.45, 7) is 15.1. The van der Waals surface area contributed by atoms with Gasteiger partial charge >= 0.3 is 0 Å². The van der Waals surface area contributed by atoms with Crippen molar-refractivity contribution in [3.8, 4) is 0 Å². The summed E-state index contributed by atoms with van der Waals surface area (Å²) >= 11 is 0. The number of hydrogen-bond acceptors (Lipinski definition) is 2. The van der Waals surface area contributed by atoms with E-state index >= 15 is 0 Å². The molecule has 2 heteroatoms. The lowest BCUT2D eigenvalue weighted by atomic mass is 9.79. The Labute approximate surface area is 132 Å². The van der Waals surface area contributed by atoms with Crippen LogP contribution in [-0.4, -0.2) is 36.6 Å². The van der Waals surface area contributed by atoms with E-state index in [0.29, 0.717) is 11.5 Å². The van der Waals surface area contributed by atoms with Gasteiger partial charge in [-0.2, -0.15) is 0 Å². The van der Waals surface area contributed by atoms with Crippen molar-refractivity contribution in [3.05, 3.63) is 11.6 Å². The zero-order chi connectivity index (χ0) is 15.5. The summed E-state index contributed by atoms with van der Waals surface area (Å²) in [6.07, 6.45) is 9.65.